The van der Waals surface area contributed by atoms with Gasteiger partial charge in [0.25, 0.3) is 0 Å². The second kappa shape index (κ2) is 8.43. The molecular weight excluding hydrogens is 204 g/mol. The van der Waals surface area contributed by atoms with Crippen LogP contribution in [0.4, 0.5) is 0 Å². The van der Waals surface area contributed by atoms with Crippen LogP contribution >= 0.6 is 11.8 Å². The van der Waals surface area contributed by atoms with Crippen molar-refractivity contribution in [1.82, 2.24) is 10.2 Å². The van der Waals surface area contributed by atoms with Gasteiger partial charge in [-0.05, 0) is 57.6 Å². The lowest BCUT2D eigenvalue weighted by Crippen LogP contribution is -2.31. The van der Waals surface area contributed by atoms with E-state index in [9.17, 15) is 0 Å². The van der Waals surface area contributed by atoms with E-state index in [0.29, 0.717) is 0 Å². The fraction of sp³-hybridized carbons (Fsp3) is 1.00. The van der Waals surface area contributed by atoms with Gasteiger partial charge >= 0.3 is 0 Å². The van der Waals surface area contributed by atoms with E-state index in [2.05, 4.69) is 24.2 Å². The zero-order chi connectivity index (χ0) is 10.9. The Kier molecular flexibility index (Phi) is 7.49. The molecule has 0 bridgehead atoms. The highest BCUT2D eigenvalue weighted by Crippen LogP contribution is 2.18. The van der Waals surface area contributed by atoms with Gasteiger partial charge < -0.3 is 10.2 Å². The number of nitrogens with zero attached hydrogens (tertiary/aromatic N) is 1. The van der Waals surface area contributed by atoms with Crippen molar-refractivity contribution in [2.45, 2.75) is 26.2 Å². The van der Waals surface area contributed by atoms with Crippen molar-refractivity contribution >= 4 is 11.8 Å². The fourth-order valence-electron chi connectivity index (χ4n) is 2.07. The van der Waals surface area contributed by atoms with Crippen LogP contribution in [0.2, 0.25) is 0 Å². The lowest BCUT2D eigenvalue weighted by atomic mass is 9.94. The topological polar surface area (TPSA) is 15.3 Å². The highest BCUT2D eigenvalue weighted by atomic mass is 32.2. The van der Waals surface area contributed by atoms with Crippen LogP contribution in [-0.4, -0.2) is 49.6 Å². The number of hydrogen-bond acceptors (Lipinski definition) is 3. The summed E-state index contributed by atoms with van der Waals surface area (Å²) in [6.07, 6.45) is 4.19. The predicted molar refractivity (Wildman–Crippen MR) is 70.7 cm³/mol. The molecular formula is C12H26N2S. The summed E-state index contributed by atoms with van der Waals surface area (Å²) in [7, 11) is 2.23. The summed E-state index contributed by atoms with van der Waals surface area (Å²) in [6.45, 7) is 7.24. The highest BCUT2D eigenvalue weighted by Gasteiger charge is 2.15. The van der Waals surface area contributed by atoms with Crippen molar-refractivity contribution in [2.75, 3.05) is 44.7 Å². The van der Waals surface area contributed by atoms with Crippen LogP contribution in [0.5, 0.6) is 0 Å². The van der Waals surface area contributed by atoms with Crippen LogP contribution in [0.1, 0.15) is 26.2 Å². The molecule has 1 aliphatic rings. The van der Waals surface area contributed by atoms with E-state index in [1.165, 1.54) is 56.9 Å². The van der Waals surface area contributed by atoms with Gasteiger partial charge in [-0.2, -0.15) is 11.8 Å². The number of piperidine rings is 1. The van der Waals surface area contributed by atoms with E-state index in [1.54, 1.807) is 0 Å². The van der Waals surface area contributed by atoms with Crippen LogP contribution in [0, 0.1) is 5.92 Å². The van der Waals surface area contributed by atoms with Crippen LogP contribution in [-0.2, 0) is 0 Å². The largest absolute Gasteiger partial charge is 0.316 e. The molecule has 1 aliphatic heterocycles. The molecule has 0 aromatic carbocycles. The first-order valence-electron chi connectivity index (χ1n) is 6.30. The van der Waals surface area contributed by atoms with Crippen LogP contribution in [0.15, 0.2) is 0 Å². The summed E-state index contributed by atoms with van der Waals surface area (Å²) in [5, 5.41) is 3.54. The molecule has 0 aromatic rings. The lowest BCUT2D eigenvalue weighted by molar-refractivity contribution is 0.212. The maximum Gasteiger partial charge on any atom is 0.00579 e. The minimum absolute atomic E-state index is 0.979. The minimum Gasteiger partial charge on any atom is -0.316 e. The first kappa shape index (κ1) is 13.3. The van der Waals surface area contributed by atoms with E-state index in [0.717, 1.165) is 5.92 Å². The Morgan fingerprint density at radius 3 is 2.67 bits per heavy atom. The molecule has 1 saturated heterocycles. The monoisotopic (exact) mass is 230 g/mol. The van der Waals surface area contributed by atoms with Crippen LogP contribution < -0.4 is 5.32 Å². The predicted octanol–water partition coefficient (Wildman–Crippen LogP) is 2.06. The van der Waals surface area contributed by atoms with Gasteiger partial charge in [-0.3, -0.25) is 0 Å². The average Bonchev–Trinajstić information content (AvgIpc) is 2.26. The number of hydrogen-bond donors (Lipinski definition) is 1. The van der Waals surface area contributed by atoms with Crippen molar-refractivity contribution in [1.29, 1.82) is 0 Å². The van der Waals surface area contributed by atoms with Crippen molar-refractivity contribution in [3.8, 4) is 0 Å². The molecule has 1 fully saturated rings. The second-order valence-corrected chi connectivity index (χ2v) is 5.88. The molecule has 0 aliphatic carbocycles. The molecule has 1 N–H and O–H groups in total. The lowest BCUT2D eigenvalue weighted by Gasteiger charge is -2.28. The zero-order valence-electron chi connectivity index (χ0n) is 10.3. The van der Waals surface area contributed by atoms with Crippen LogP contribution in [0.25, 0.3) is 0 Å². The maximum absolute atomic E-state index is 3.54. The minimum atomic E-state index is 0.979. The Hall–Kier alpha value is 0.270. The number of likely N-dealkylation sites (tertiary alicyclic amines) is 1. The van der Waals surface area contributed by atoms with Gasteiger partial charge in [0.2, 0.25) is 0 Å². The second-order valence-electron chi connectivity index (χ2n) is 4.48. The third kappa shape index (κ3) is 6.44. The normalized spacial score (nSPS) is 19.6. The third-order valence-electron chi connectivity index (χ3n) is 3.19. The zero-order valence-corrected chi connectivity index (χ0v) is 11.1. The van der Waals surface area contributed by atoms with Gasteiger partial charge in [-0.25, -0.2) is 0 Å². The van der Waals surface area contributed by atoms with Crippen molar-refractivity contribution in [2.24, 2.45) is 5.92 Å². The van der Waals surface area contributed by atoms with Crippen molar-refractivity contribution in [3.05, 3.63) is 0 Å². The molecule has 1 heterocycles. The quantitative estimate of drug-likeness (QED) is 0.674. The van der Waals surface area contributed by atoms with E-state index in [1.807, 2.05) is 11.8 Å². The van der Waals surface area contributed by atoms with E-state index >= 15 is 0 Å². The molecule has 0 saturated carbocycles. The SMILES string of the molecule is CCSCCNCCC1CCN(C)CC1. The summed E-state index contributed by atoms with van der Waals surface area (Å²) in [5.41, 5.74) is 0. The van der Waals surface area contributed by atoms with E-state index < -0.39 is 0 Å². The van der Waals surface area contributed by atoms with Crippen LogP contribution in [0.3, 0.4) is 0 Å². The molecule has 90 valence electrons. The molecule has 0 radical (unpaired) electrons. The molecule has 15 heavy (non-hydrogen) atoms. The van der Waals surface area contributed by atoms with Gasteiger partial charge in [0, 0.05) is 12.3 Å². The number of thioether (sulfide) groups is 1. The average molecular weight is 230 g/mol. The third-order valence-corrected chi connectivity index (χ3v) is 4.10. The molecule has 0 unspecified atom stereocenters. The van der Waals surface area contributed by atoms with E-state index in [4.69, 9.17) is 0 Å². The molecule has 0 atom stereocenters. The Morgan fingerprint density at radius 2 is 2.00 bits per heavy atom. The summed E-state index contributed by atoms with van der Waals surface area (Å²) in [5.74, 6) is 3.49. The first-order valence-corrected chi connectivity index (χ1v) is 7.45. The molecule has 0 amide bonds. The number of rotatable bonds is 7. The molecule has 0 aromatic heterocycles. The standard InChI is InChI=1S/C12H26N2S/c1-3-15-11-8-13-7-4-12-5-9-14(2)10-6-12/h12-13H,3-11H2,1-2H3. The number of nitrogens with one attached hydrogen (secondary N) is 1. The molecule has 1 rings (SSSR count). The first-order chi connectivity index (χ1) is 7.33. The Balaban J connectivity index is 1.87. The van der Waals surface area contributed by atoms with Gasteiger partial charge in [0.1, 0.15) is 0 Å². The van der Waals surface area contributed by atoms with Crippen molar-refractivity contribution in [3.63, 3.8) is 0 Å². The Labute approximate surface area is 99.2 Å². The summed E-state index contributed by atoms with van der Waals surface area (Å²) < 4.78 is 0. The smallest absolute Gasteiger partial charge is 0.00579 e. The van der Waals surface area contributed by atoms with E-state index in [-0.39, 0.29) is 0 Å². The van der Waals surface area contributed by atoms with Gasteiger partial charge in [0.05, 0.1) is 0 Å². The van der Waals surface area contributed by atoms with Gasteiger partial charge in [-0.1, -0.05) is 6.92 Å². The summed E-state index contributed by atoms with van der Waals surface area (Å²) in [6, 6.07) is 0. The highest BCUT2D eigenvalue weighted by molar-refractivity contribution is 7.99. The molecule has 2 nitrogen and oxygen atoms in total. The fourth-order valence-corrected chi connectivity index (χ4v) is 2.65. The Bertz CT molecular complexity index is 145. The van der Waals surface area contributed by atoms with Crippen molar-refractivity contribution < 1.29 is 0 Å². The molecule has 0 spiro atoms. The Morgan fingerprint density at radius 1 is 1.27 bits per heavy atom. The summed E-state index contributed by atoms with van der Waals surface area (Å²) >= 11 is 2.03. The molecule has 3 heteroatoms. The maximum atomic E-state index is 3.54. The van der Waals surface area contributed by atoms with Gasteiger partial charge in [0.15, 0.2) is 0 Å². The van der Waals surface area contributed by atoms with Gasteiger partial charge in [-0.15, -0.1) is 0 Å². The summed E-state index contributed by atoms with van der Waals surface area (Å²) in [4.78, 5) is 2.45.